The number of anilines is 3. The summed E-state index contributed by atoms with van der Waals surface area (Å²) in [4.78, 5) is 0. The molecule has 0 fully saturated rings. The maximum atomic E-state index is 6.03. The Bertz CT molecular complexity index is 557. The fourth-order valence-electron chi connectivity index (χ4n) is 2.01. The van der Waals surface area contributed by atoms with Gasteiger partial charge in [-0.15, -0.1) is 0 Å². The molecule has 0 spiro atoms. The fourth-order valence-corrected chi connectivity index (χ4v) is 2.01. The van der Waals surface area contributed by atoms with E-state index in [0.29, 0.717) is 11.4 Å². The van der Waals surface area contributed by atoms with Crippen molar-refractivity contribution in [1.29, 1.82) is 0 Å². The minimum atomic E-state index is -0.735. The van der Waals surface area contributed by atoms with Gasteiger partial charge in [-0.2, -0.15) is 0 Å². The molecule has 0 aromatic heterocycles. The molecule has 0 radical (unpaired) electrons. The predicted octanol–water partition coefficient (Wildman–Crippen LogP) is 2.78. The number of hydrogen-bond donors (Lipinski definition) is 3. The van der Waals surface area contributed by atoms with E-state index in [4.69, 9.17) is 16.2 Å². The number of ether oxygens (including phenoxy) is 1. The molecule has 0 saturated heterocycles. The first-order valence-electron chi connectivity index (χ1n) is 6.09. The molecule has 1 unspecified atom stereocenters. The molecule has 0 aliphatic carbocycles. The topological polar surface area (TPSA) is 73.3 Å². The summed E-state index contributed by atoms with van der Waals surface area (Å²) in [6, 6.07) is 15.2. The highest BCUT2D eigenvalue weighted by Gasteiger charge is 2.28. The van der Waals surface area contributed by atoms with E-state index in [1.165, 1.54) is 0 Å². The molecule has 0 aliphatic heterocycles. The highest BCUT2D eigenvalue weighted by atomic mass is 16.5. The van der Waals surface area contributed by atoms with Crippen LogP contribution < -0.4 is 16.8 Å². The lowest BCUT2D eigenvalue weighted by atomic mass is 10.0. The molecule has 0 heterocycles. The Labute approximate surface area is 113 Å². The third-order valence-corrected chi connectivity index (χ3v) is 3.16. The van der Waals surface area contributed by atoms with Gasteiger partial charge < -0.3 is 21.5 Å². The van der Waals surface area contributed by atoms with E-state index in [2.05, 4.69) is 5.32 Å². The monoisotopic (exact) mass is 257 g/mol. The lowest BCUT2D eigenvalue weighted by Crippen LogP contribution is -2.34. The predicted molar refractivity (Wildman–Crippen MR) is 79.7 cm³/mol. The highest BCUT2D eigenvalue weighted by Crippen LogP contribution is 2.32. The second-order valence-electron chi connectivity index (χ2n) is 4.58. The van der Waals surface area contributed by atoms with Crippen LogP contribution in [0, 0.1) is 0 Å². The fraction of sp³-hybridized carbons (Fsp3) is 0.200. The maximum absolute atomic E-state index is 6.03. The molecule has 100 valence electrons. The Hall–Kier alpha value is -2.20. The molecule has 2 aromatic carbocycles. The summed E-state index contributed by atoms with van der Waals surface area (Å²) in [6.45, 7) is 1.92. The summed E-state index contributed by atoms with van der Waals surface area (Å²) in [6.07, 6.45) is 0. The first-order valence-corrected chi connectivity index (χ1v) is 6.09. The lowest BCUT2D eigenvalue weighted by molar-refractivity contribution is 0.0286. The van der Waals surface area contributed by atoms with E-state index in [1.54, 1.807) is 19.2 Å². The van der Waals surface area contributed by atoms with Gasteiger partial charge in [0.05, 0.1) is 0 Å². The van der Waals surface area contributed by atoms with Gasteiger partial charge in [0.1, 0.15) is 0 Å². The molecule has 19 heavy (non-hydrogen) atoms. The van der Waals surface area contributed by atoms with Crippen LogP contribution in [0.5, 0.6) is 0 Å². The van der Waals surface area contributed by atoms with E-state index in [-0.39, 0.29) is 0 Å². The van der Waals surface area contributed by atoms with Crippen LogP contribution in [-0.2, 0) is 10.5 Å². The van der Waals surface area contributed by atoms with Gasteiger partial charge in [-0.3, -0.25) is 0 Å². The smallest absolute Gasteiger partial charge is 0.163 e. The van der Waals surface area contributed by atoms with Crippen LogP contribution in [0.15, 0.2) is 48.5 Å². The summed E-state index contributed by atoms with van der Waals surface area (Å²) >= 11 is 0. The van der Waals surface area contributed by atoms with Gasteiger partial charge >= 0.3 is 0 Å². The third-order valence-electron chi connectivity index (χ3n) is 3.16. The first kappa shape index (κ1) is 13.2. The van der Waals surface area contributed by atoms with Crippen LogP contribution in [0.3, 0.4) is 0 Å². The summed E-state index contributed by atoms with van der Waals surface area (Å²) in [5.74, 6) is 0. The molecule has 2 rings (SSSR count). The van der Waals surface area contributed by atoms with Crippen LogP contribution in [0.4, 0.5) is 17.1 Å². The van der Waals surface area contributed by atoms with Crippen molar-refractivity contribution in [3.05, 3.63) is 54.1 Å². The van der Waals surface area contributed by atoms with Crippen molar-refractivity contribution in [2.75, 3.05) is 23.9 Å². The van der Waals surface area contributed by atoms with Gasteiger partial charge in [0.15, 0.2) is 5.72 Å². The van der Waals surface area contributed by atoms with Crippen LogP contribution in [0.25, 0.3) is 0 Å². The molecule has 0 bridgehead atoms. The molecular formula is C15H19N3O. The average Bonchev–Trinajstić information content (AvgIpc) is 2.42. The number of hydrogen-bond acceptors (Lipinski definition) is 4. The van der Waals surface area contributed by atoms with Crippen LogP contribution in [-0.4, -0.2) is 7.11 Å². The van der Waals surface area contributed by atoms with Gasteiger partial charge in [0.2, 0.25) is 0 Å². The van der Waals surface area contributed by atoms with E-state index in [9.17, 15) is 0 Å². The summed E-state index contributed by atoms with van der Waals surface area (Å²) < 4.78 is 5.62. The van der Waals surface area contributed by atoms with Crippen LogP contribution >= 0.6 is 0 Å². The molecule has 2 aromatic rings. The highest BCUT2D eigenvalue weighted by molar-refractivity contribution is 5.60. The van der Waals surface area contributed by atoms with E-state index < -0.39 is 5.72 Å². The Kier molecular flexibility index (Phi) is 3.62. The number of benzene rings is 2. The standard InChI is InChI=1S/C15H19N3O/c1-15(19-2,18-12-6-4-3-5-7-12)13-10-11(16)8-9-14(13)17/h3-10,18H,16-17H2,1-2H3. The molecule has 4 heteroatoms. The number of rotatable bonds is 4. The summed E-state index contributed by atoms with van der Waals surface area (Å²) in [5, 5.41) is 3.33. The molecular weight excluding hydrogens is 238 g/mol. The maximum Gasteiger partial charge on any atom is 0.163 e. The molecule has 0 amide bonds. The molecule has 4 nitrogen and oxygen atoms in total. The normalized spacial score (nSPS) is 13.8. The van der Waals surface area contributed by atoms with Crippen molar-refractivity contribution < 1.29 is 4.74 Å². The quantitative estimate of drug-likeness (QED) is 0.581. The molecule has 0 aliphatic rings. The first-order chi connectivity index (χ1) is 9.05. The van der Waals surface area contributed by atoms with E-state index in [0.717, 1.165) is 11.3 Å². The molecule has 0 saturated carbocycles. The Balaban J connectivity index is 2.39. The third kappa shape index (κ3) is 2.80. The van der Waals surface area contributed by atoms with Crippen LogP contribution in [0.1, 0.15) is 12.5 Å². The zero-order valence-corrected chi connectivity index (χ0v) is 11.2. The SMILES string of the molecule is COC(C)(Nc1ccccc1)c1cc(N)ccc1N. The van der Waals surface area contributed by atoms with Crippen LogP contribution in [0.2, 0.25) is 0 Å². The zero-order chi connectivity index (χ0) is 13.9. The number of methoxy groups -OCH3 is 1. The van der Waals surface area contributed by atoms with Crippen molar-refractivity contribution >= 4 is 17.1 Å². The minimum absolute atomic E-state index is 0.641. The van der Waals surface area contributed by atoms with Crippen molar-refractivity contribution in [3.63, 3.8) is 0 Å². The van der Waals surface area contributed by atoms with Gasteiger partial charge in [-0.1, -0.05) is 18.2 Å². The molecule has 5 N–H and O–H groups in total. The van der Waals surface area contributed by atoms with E-state index in [1.807, 2.05) is 43.3 Å². The lowest BCUT2D eigenvalue weighted by Gasteiger charge is -2.32. The average molecular weight is 257 g/mol. The summed E-state index contributed by atoms with van der Waals surface area (Å²) in [5.41, 5.74) is 14.2. The number of para-hydroxylation sites is 1. The van der Waals surface area contributed by atoms with Crippen molar-refractivity contribution in [2.45, 2.75) is 12.6 Å². The number of nitrogens with one attached hydrogen (secondary N) is 1. The Morgan fingerprint density at radius 1 is 1.05 bits per heavy atom. The van der Waals surface area contributed by atoms with Crippen molar-refractivity contribution in [3.8, 4) is 0 Å². The van der Waals surface area contributed by atoms with Crippen molar-refractivity contribution in [2.24, 2.45) is 0 Å². The van der Waals surface area contributed by atoms with Crippen molar-refractivity contribution in [1.82, 2.24) is 0 Å². The number of nitrogen functional groups attached to an aromatic ring is 2. The second-order valence-corrected chi connectivity index (χ2v) is 4.58. The van der Waals surface area contributed by atoms with Gasteiger partial charge in [0, 0.05) is 29.7 Å². The van der Waals surface area contributed by atoms with Gasteiger partial charge in [0.25, 0.3) is 0 Å². The Morgan fingerprint density at radius 3 is 2.37 bits per heavy atom. The summed E-state index contributed by atoms with van der Waals surface area (Å²) in [7, 11) is 1.64. The molecule has 1 atom stereocenters. The van der Waals surface area contributed by atoms with E-state index >= 15 is 0 Å². The second kappa shape index (κ2) is 5.20. The number of nitrogens with two attached hydrogens (primary N) is 2. The largest absolute Gasteiger partial charge is 0.399 e. The van der Waals surface area contributed by atoms with Gasteiger partial charge in [-0.05, 0) is 37.3 Å². The van der Waals surface area contributed by atoms with Gasteiger partial charge in [-0.25, -0.2) is 0 Å². The minimum Gasteiger partial charge on any atom is -0.399 e. The zero-order valence-electron chi connectivity index (χ0n) is 11.2. The Morgan fingerprint density at radius 2 is 1.74 bits per heavy atom.